The maximum atomic E-state index is 12.0. The Morgan fingerprint density at radius 3 is 2.88 bits per heavy atom. The Morgan fingerprint density at radius 1 is 1.38 bits per heavy atom. The number of sulfonamides is 1. The Morgan fingerprint density at radius 2 is 2.12 bits per heavy atom. The van der Waals surface area contributed by atoms with Gasteiger partial charge in [0.1, 0.15) is 11.2 Å². The predicted molar refractivity (Wildman–Crippen MR) is 58.7 cm³/mol. The highest BCUT2D eigenvalue weighted by Gasteiger charge is 2.27. The Kier molecular flexibility index (Phi) is 2.62. The molecule has 0 fully saturated rings. The van der Waals surface area contributed by atoms with Crippen molar-refractivity contribution < 1.29 is 8.42 Å². The lowest BCUT2D eigenvalue weighted by atomic mass is 10.3. The number of benzene rings is 1. The molecule has 0 aliphatic carbocycles. The topological polar surface area (TPSA) is 73.5 Å². The largest absolute Gasteiger partial charge is 0.267 e. The van der Waals surface area contributed by atoms with E-state index in [4.69, 9.17) is 5.26 Å². The molecule has 1 aromatic carbocycles. The zero-order chi connectivity index (χ0) is 11.6. The number of fused-ring (bicyclic) bond motifs is 1. The zero-order valence-electron chi connectivity index (χ0n) is 8.37. The van der Waals surface area contributed by atoms with Gasteiger partial charge in [0.2, 0.25) is 0 Å². The first-order valence-corrected chi connectivity index (χ1v) is 6.12. The first-order valence-electron chi connectivity index (χ1n) is 4.68. The lowest BCUT2D eigenvalue weighted by molar-refractivity contribution is 0.527. The summed E-state index contributed by atoms with van der Waals surface area (Å²) in [5.74, 6) is 0. The van der Waals surface area contributed by atoms with Crippen LogP contribution in [0, 0.1) is 11.3 Å². The van der Waals surface area contributed by atoms with Gasteiger partial charge in [0.25, 0.3) is 10.0 Å². The van der Waals surface area contributed by atoms with Crippen LogP contribution in [0.25, 0.3) is 0 Å². The van der Waals surface area contributed by atoms with Crippen LogP contribution < -0.4 is 0 Å². The molecule has 0 spiro atoms. The summed E-state index contributed by atoms with van der Waals surface area (Å²) < 4.78 is 25.2. The van der Waals surface area contributed by atoms with Crippen molar-refractivity contribution in [3.05, 3.63) is 24.3 Å². The Hall–Kier alpha value is -1.87. The van der Waals surface area contributed by atoms with Crippen molar-refractivity contribution in [2.24, 2.45) is 4.99 Å². The second-order valence-electron chi connectivity index (χ2n) is 3.24. The van der Waals surface area contributed by atoms with Crippen LogP contribution in [0.2, 0.25) is 0 Å². The summed E-state index contributed by atoms with van der Waals surface area (Å²) >= 11 is 0. The average Bonchev–Trinajstić information content (AvgIpc) is 2.28. The van der Waals surface area contributed by atoms with Gasteiger partial charge >= 0.3 is 0 Å². The van der Waals surface area contributed by atoms with E-state index in [0.717, 1.165) is 4.31 Å². The summed E-state index contributed by atoms with van der Waals surface area (Å²) in [5, 5.41) is 8.45. The van der Waals surface area contributed by atoms with Crippen LogP contribution in [0.4, 0.5) is 5.69 Å². The highest BCUT2D eigenvalue weighted by molar-refractivity contribution is 7.89. The molecule has 0 radical (unpaired) electrons. The summed E-state index contributed by atoms with van der Waals surface area (Å²) in [6.45, 7) is 0.136. The molecule has 0 bridgehead atoms. The van der Waals surface area contributed by atoms with Crippen LogP contribution in [0.3, 0.4) is 0 Å². The molecule has 0 unspecified atom stereocenters. The number of rotatable bonds is 2. The molecule has 1 aliphatic rings. The molecular weight excluding hydrogens is 226 g/mol. The van der Waals surface area contributed by atoms with E-state index < -0.39 is 10.0 Å². The summed E-state index contributed by atoms with van der Waals surface area (Å²) in [4.78, 5) is 4.23. The molecule has 1 aromatic rings. The molecule has 0 atom stereocenters. The molecule has 82 valence electrons. The van der Waals surface area contributed by atoms with Crippen LogP contribution in [0.15, 0.2) is 34.2 Å². The van der Waals surface area contributed by atoms with E-state index in [-0.39, 0.29) is 17.9 Å². The number of aliphatic imine (C=N–C) groups is 1. The van der Waals surface area contributed by atoms with E-state index in [1.54, 1.807) is 18.2 Å². The summed E-state index contributed by atoms with van der Waals surface area (Å²) in [5.41, 5.74) is 0.440. The van der Waals surface area contributed by atoms with Gasteiger partial charge in [-0.05, 0) is 12.1 Å². The van der Waals surface area contributed by atoms with Gasteiger partial charge in [-0.15, -0.1) is 0 Å². The average molecular weight is 235 g/mol. The van der Waals surface area contributed by atoms with Gasteiger partial charge in [0.05, 0.1) is 18.2 Å². The number of hydrogen-bond donors (Lipinski definition) is 0. The molecular formula is C10H9N3O2S. The van der Waals surface area contributed by atoms with Crippen molar-refractivity contribution in [2.45, 2.75) is 11.3 Å². The molecule has 0 aromatic heterocycles. The number of hydrogen-bond acceptors (Lipinski definition) is 4. The summed E-state index contributed by atoms with van der Waals surface area (Å²) in [6, 6.07) is 8.45. The molecule has 6 heteroatoms. The fourth-order valence-electron chi connectivity index (χ4n) is 1.44. The van der Waals surface area contributed by atoms with Crippen molar-refractivity contribution in [1.29, 1.82) is 5.26 Å². The lowest BCUT2D eigenvalue weighted by Gasteiger charge is -2.22. The number of para-hydroxylation sites is 1. The fourth-order valence-corrected chi connectivity index (χ4v) is 2.83. The molecule has 0 saturated heterocycles. The predicted octanol–water partition coefficient (Wildman–Crippen LogP) is 1.26. The van der Waals surface area contributed by atoms with E-state index in [1.165, 1.54) is 12.4 Å². The molecule has 2 rings (SSSR count). The van der Waals surface area contributed by atoms with Crippen molar-refractivity contribution in [2.75, 3.05) is 6.54 Å². The third-order valence-corrected chi connectivity index (χ3v) is 4.02. The van der Waals surface area contributed by atoms with Crippen LogP contribution in [0.5, 0.6) is 0 Å². The van der Waals surface area contributed by atoms with E-state index >= 15 is 0 Å². The van der Waals surface area contributed by atoms with Gasteiger partial charge in [-0.2, -0.15) is 5.26 Å². The standard InChI is InChI=1S/C10H9N3O2S/c11-6-3-7-13-8-12-9-4-1-2-5-10(9)16(13,14)15/h1-2,4-5,8H,3,7H2. The minimum absolute atomic E-state index is 0.136. The normalized spacial score (nSPS) is 16.6. The summed E-state index contributed by atoms with van der Waals surface area (Å²) in [7, 11) is -3.52. The second-order valence-corrected chi connectivity index (χ2v) is 5.10. The van der Waals surface area contributed by atoms with Gasteiger partial charge < -0.3 is 0 Å². The van der Waals surface area contributed by atoms with E-state index in [0.29, 0.717) is 5.69 Å². The third-order valence-electron chi connectivity index (χ3n) is 2.22. The molecule has 1 aliphatic heterocycles. The quantitative estimate of drug-likeness (QED) is 0.774. The van der Waals surface area contributed by atoms with Gasteiger partial charge in [0.15, 0.2) is 0 Å². The number of nitrogens with zero attached hydrogens (tertiary/aromatic N) is 3. The van der Waals surface area contributed by atoms with Crippen molar-refractivity contribution >= 4 is 22.0 Å². The van der Waals surface area contributed by atoms with Crippen LogP contribution in [0.1, 0.15) is 6.42 Å². The van der Waals surface area contributed by atoms with Crippen molar-refractivity contribution in [3.8, 4) is 6.07 Å². The molecule has 5 nitrogen and oxygen atoms in total. The Labute approximate surface area is 93.7 Å². The first-order chi connectivity index (χ1) is 7.66. The van der Waals surface area contributed by atoms with Gasteiger partial charge in [-0.1, -0.05) is 12.1 Å². The van der Waals surface area contributed by atoms with Gasteiger partial charge in [0, 0.05) is 6.54 Å². The monoisotopic (exact) mass is 235 g/mol. The minimum atomic E-state index is -3.52. The van der Waals surface area contributed by atoms with Gasteiger partial charge in [-0.25, -0.2) is 13.4 Å². The second kappa shape index (κ2) is 3.94. The van der Waals surface area contributed by atoms with Crippen LogP contribution >= 0.6 is 0 Å². The van der Waals surface area contributed by atoms with Crippen molar-refractivity contribution in [3.63, 3.8) is 0 Å². The Balaban J connectivity index is 2.43. The molecule has 0 saturated carbocycles. The molecule has 0 N–H and O–H groups in total. The van der Waals surface area contributed by atoms with E-state index in [2.05, 4.69) is 4.99 Å². The van der Waals surface area contributed by atoms with Crippen LogP contribution in [-0.4, -0.2) is 25.6 Å². The first kappa shape index (κ1) is 10.6. The third kappa shape index (κ3) is 1.66. The number of nitriles is 1. The fraction of sp³-hybridized carbons (Fsp3) is 0.200. The maximum absolute atomic E-state index is 12.0. The van der Waals surface area contributed by atoms with Crippen molar-refractivity contribution in [1.82, 2.24) is 4.31 Å². The smallest absolute Gasteiger partial charge is 0.255 e. The highest BCUT2D eigenvalue weighted by atomic mass is 32.2. The zero-order valence-corrected chi connectivity index (χ0v) is 9.18. The molecule has 1 heterocycles. The Bertz CT molecular complexity index is 572. The van der Waals surface area contributed by atoms with Crippen LogP contribution in [-0.2, 0) is 10.0 Å². The SMILES string of the molecule is N#CCCN1C=Nc2ccccc2S1(=O)=O. The molecule has 0 amide bonds. The van der Waals surface area contributed by atoms with Gasteiger partial charge in [-0.3, -0.25) is 4.31 Å². The lowest BCUT2D eigenvalue weighted by Crippen LogP contribution is -2.32. The van der Waals surface area contributed by atoms with E-state index in [1.807, 2.05) is 6.07 Å². The minimum Gasteiger partial charge on any atom is -0.255 e. The summed E-state index contributed by atoms with van der Waals surface area (Å²) in [6.07, 6.45) is 1.41. The maximum Gasteiger partial charge on any atom is 0.267 e. The molecule has 16 heavy (non-hydrogen) atoms. The highest BCUT2D eigenvalue weighted by Crippen LogP contribution is 2.29. The van der Waals surface area contributed by atoms with E-state index in [9.17, 15) is 8.42 Å².